The lowest BCUT2D eigenvalue weighted by Gasteiger charge is -2.18. The van der Waals surface area contributed by atoms with Gasteiger partial charge in [0.15, 0.2) is 0 Å². The number of carbonyl (C=O) groups is 2. The molecule has 6 nitrogen and oxygen atoms in total. The number of carboxylic acid groups (broad SMARTS) is 1. The standard InChI is InChI=1S/C19H22ClN3O3/c1-18(2,3)23-10-13(15(22-23)12-6-4-5-7-14(12)20)16(24)21-11-19(8-9-19)17(25)26/h4-7,10H,8-9,11H2,1-3H3,(H,21,24)(H,25,26). The van der Waals surface area contributed by atoms with Gasteiger partial charge in [-0.3, -0.25) is 14.3 Å². The molecule has 0 aliphatic heterocycles. The Bertz CT molecular complexity index is 863. The number of aromatic nitrogens is 2. The predicted octanol–water partition coefficient (Wildman–Crippen LogP) is 3.55. The minimum absolute atomic E-state index is 0.115. The van der Waals surface area contributed by atoms with Gasteiger partial charge < -0.3 is 10.4 Å². The van der Waals surface area contributed by atoms with Crippen molar-refractivity contribution in [2.75, 3.05) is 6.54 Å². The molecule has 2 N–H and O–H groups in total. The molecule has 0 unspecified atom stereocenters. The SMILES string of the molecule is CC(C)(C)n1cc(C(=O)NCC2(C(=O)O)CC2)c(-c2ccccc2Cl)n1. The van der Waals surface area contributed by atoms with Crippen molar-refractivity contribution < 1.29 is 14.7 Å². The number of nitrogens with one attached hydrogen (secondary N) is 1. The molecule has 1 aliphatic rings. The van der Waals surface area contributed by atoms with Gasteiger partial charge in [-0.15, -0.1) is 0 Å². The second-order valence-corrected chi connectivity index (χ2v) is 8.16. The molecule has 1 fully saturated rings. The first kappa shape index (κ1) is 18.5. The average Bonchev–Trinajstić information content (AvgIpc) is 3.23. The van der Waals surface area contributed by atoms with Crippen molar-refractivity contribution in [1.29, 1.82) is 0 Å². The summed E-state index contributed by atoms with van der Waals surface area (Å²) < 4.78 is 1.73. The van der Waals surface area contributed by atoms with Crippen LogP contribution < -0.4 is 5.32 Å². The summed E-state index contributed by atoms with van der Waals surface area (Å²) in [4.78, 5) is 24.1. The van der Waals surface area contributed by atoms with Crippen molar-refractivity contribution in [1.82, 2.24) is 15.1 Å². The van der Waals surface area contributed by atoms with E-state index < -0.39 is 11.4 Å². The summed E-state index contributed by atoms with van der Waals surface area (Å²) in [7, 11) is 0. The topological polar surface area (TPSA) is 84.2 Å². The van der Waals surface area contributed by atoms with E-state index in [0.717, 1.165) is 0 Å². The number of carboxylic acids is 1. The maximum atomic E-state index is 12.8. The zero-order chi connectivity index (χ0) is 19.1. The number of benzene rings is 1. The van der Waals surface area contributed by atoms with Crippen molar-refractivity contribution in [3.63, 3.8) is 0 Å². The predicted molar refractivity (Wildman–Crippen MR) is 99.3 cm³/mol. The molecule has 1 amide bonds. The van der Waals surface area contributed by atoms with Gasteiger partial charge in [0, 0.05) is 18.3 Å². The van der Waals surface area contributed by atoms with E-state index in [1.807, 2.05) is 39.0 Å². The lowest BCUT2D eigenvalue weighted by molar-refractivity contribution is -0.143. The molecule has 7 heteroatoms. The monoisotopic (exact) mass is 375 g/mol. The van der Waals surface area contributed by atoms with E-state index in [1.54, 1.807) is 16.9 Å². The Morgan fingerprint density at radius 2 is 1.96 bits per heavy atom. The van der Waals surface area contributed by atoms with Gasteiger partial charge in [0.05, 0.1) is 21.5 Å². The highest BCUT2D eigenvalue weighted by Gasteiger charge is 2.50. The molecule has 1 aromatic heterocycles. The first-order valence-electron chi connectivity index (χ1n) is 8.51. The molecule has 1 saturated carbocycles. The molecular formula is C19H22ClN3O3. The fourth-order valence-corrected chi connectivity index (χ4v) is 2.92. The number of hydrogen-bond donors (Lipinski definition) is 2. The van der Waals surface area contributed by atoms with Crippen LogP contribution in [0.1, 0.15) is 44.0 Å². The van der Waals surface area contributed by atoms with E-state index in [0.29, 0.717) is 34.7 Å². The van der Waals surface area contributed by atoms with Crippen LogP contribution in [0.4, 0.5) is 0 Å². The first-order chi connectivity index (χ1) is 12.1. The average molecular weight is 376 g/mol. The third kappa shape index (κ3) is 3.46. The van der Waals surface area contributed by atoms with E-state index in [9.17, 15) is 14.7 Å². The molecule has 0 radical (unpaired) electrons. The number of amides is 1. The Kier molecular flexibility index (Phi) is 4.56. The number of halogens is 1. The van der Waals surface area contributed by atoms with Crippen molar-refractivity contribution >= 4 is 23.5 Å². The summed E-state index contributed by atoms with van der Waals surface area (Å²) in [6.07, 6.45) is 2.86. The van der Waals surface area contributed by atoms with E-state index >= 15 is 0 Å². The Balaban J connectivity index is 1.95. The molecule has 138 valence electrons. The third-order valence-electron chi connectivity index (χ3n) is 4.67. The van der Waals surface area contributed by atoms with E-state index in [-0.39, 0.29) is 18.0 Å². The van der Waals surface area contributed by atoms with Crippen molar-refractivity contribution in [2.24, 2.45) is 5.41 Å². The van der Waals surface area contributed by atoms with Gasteiger partial charge in [-0.1, -0.05) is 29.8 Å². The number of hydrogen-bond acceptors (Lipinski definition) is 3. The highest BCUT2D eigenvalue weighted by molar-refractivity contribution is 6.33. The van der Waals surface area contributed by atoms with E-state index in [4.69, 9.17) is 11.6 Å². The molecule has 3 rings (SSSR count). The van der Waals surface area contributed by atoms with Gasteiger partial charge in [0.1, 0.15) is 5.69 Å². The maximum absolute atomic E-state index is 12.8. The van der Waals surface area contributed by atoms with Crippen molar-refractivity contribution in [2.45, 2.75) is 39.2 Å². The van der Waals surface area contributed by atoms with Crippen LogP contribution in [0.15, 0.2) is 30.5 Å². The number of aliphatic carboxylic acids is 1. The minimum Gasteiger partial charge on any atom is -0.481 e. The third-order valence-corrected chi connectivity index (χ3v) is 5.00. The molecule has 0 bridgehead atoms. The fourth-order valence-electron chi connectivity index (χ4n) is 2.70. The minimum atomic E-state index is -0.866. The smallest absolute Gasteiger partial charge is 0.311 e. The van der Waals surface area contributed by atoms with Gasteiger partial charge in [-0.2, -0.15) is 5.10 Å². The van der Waals surface area contributed by atoms with Crippen LogP contribution in [0.5, 0.6) is 0 Å². The van der Waals surface area contributed by atoms with Crippen LogP contribution >= 0.6 is 11.6 Å². The molecule has 0 atom stereocenters. The zero-order valence-corrected chi connectivity index (χ0v) is 15.8. The zero-order valence-electron chi connectivity index (χ0n) is 15.0. The van der Waals surface area contributed by atoms with E-state index in [2.05, 4.69) is 10.4 Å². The Morgan fingerprint density at radius 1 is 1.31 bits per heavy atom. The van der Waals surface area contributed by atoms with Crippen LogP contribution in [-0.4, -0.2) is 33.3 Å². The first-order valence-corrected chi connectivity index (χ1v) is 8.88. The highest BCUT2D eigenvalue weighted by Crippen LogP contribution is 2.45. The van der Waals surface area contributed by atoms with Crippen LogP contribution in [0.3, 0.4) is 0 Å². The van der Waals surface area contributed by atoms with Crippen LogP contribution in [-0.2, 0) is 10.3 Å². The molecule has 1 aliphatic carbocycles. The van der Waals surface area contributed by atoms with Crippen molar-refractivity contribution in [3.8, 4) is 11.3 Å². The Morgan fingerprint density at radius 3 is 2.50 bits per heavy atom. The quantitative estimate of drug-likeness (QED) is 0.836. The lowest BCUT2D eigenvalue weighted by Crippen LogP contribution is -2.34. The molecule has 1 aromatic carbocycles. The summed E-state index contributed by atoms with van der Waals surface area (Å²) in [6.45, 7) is 6.08. The normalized spacial score (nSPS) is 15.5. The number of nitrogens with zero attached hydrogens (tertiary/aromatic N) is 2. The second-order valence-electron chi connectivity index (χ2n) is 7.75. The lowest BCUT2D eigenvalue weighted by atomic mass is 10.1. The van der Waals surface area contributed by atoms with Crippen LogP contribution in [0, 0.1) is 5.41 Å². The molecule has 26 heavy (non-hydrogen) atoms. The Hall–Kier alpha value is -2.34. The maximum Gasteiger partial charge on any atom is 0.311 e. The van der Waals surface area contributed by atoms with Gasteiger partial charge in [0.25, 0.3) is 5.91 Å². The van der Waals surface area contributed by atoms with Gasteiger partial charge in [0.2, 0.25) is 0 Å². The molecule has 0 saturated heterocycles. The molecule has 2 aromatic rings. The van der Waals surface area contributed by atoms with Gasteiger partial charge in [-0.05, 0) is 39.7 Å². The number of rotatable bonds is 5. The summed E-state index contributed by atoms with van der Waals surface area (Å²) in [5, 5.41) is 17.1. The molecular weight excluding hydrogens is 354 g/mol. The summed E-state index contributed by atoms with van der Waals surface area (Å²) in [5.74, 6) is -1.21. The van der Waals surface area contributed by atoms with E-state index in [1.165, 1.54) is 0 Å². The summed E-state index contributed by atoms with van der Waals surface area (Å²) >= 11 is 6.30. The van der Waals surface area contributed by atoms with Gasteiger partial charge >= 0.3 is 5.97 Å². The van der Waals surface area contributed by atoms with Crippen LogP contribution in [0.2, 0.25) is 5.02 Å². The summed E-state index contributed by atoms with van der Waals surface area (Å²) in [5.41, 5.74) is 0.409. The van der Waals surface area contributed by atoms with Crippen molar-refractivity contribution in [3.05, 3.63) is 41.0 Å². The van der Waals surface area contributed by atoms with Crippen LogP contribution in [0.25, 0.3) is 11.3 Å². The fraction of sp³-hybridized carbons (Fsp3) is 0.421. The second kappa shape index (κ2) is 6.43. The molecule has 0 spiro atoms. The number of carbonyl (C=O) groups excluding carboxylic acids is 1. The molecule has 1 heterocycles. The largest absolute Gasteiger partial charge is 0.481 e. The highest BCUT2D eigenvalue weighted by atomic mass is 35.5. The Labute approximate surface area is 157 Å². The summed E-state index contributed by atoms with van der Waals surface area (Å²) in [6, 6.07) is 7.21. The van der Waals surface area contributed by atoms with Gasteiger partial charge in [-0.25, -0.2) is 0 Å².